The highest BCUT2D eigenvalue weighted by Gasteiger charge is 2.52. The van der Waals surface area contributed by atoms with E-state index in [1.165, 1.54) is 6.20 Å². The molecule has 7 heteroatoms. The third-order valence-corrected chi connectivity index (χ3v) is 3.68. The molecule has 0 aliphatic carbocycles. The minimum atomic E-state index is -0.705. The molecule has 1 fully saturated rings. The normalized spacial score (nSPS) is 20.5. The van der Waals surface area contributed by atoms with Gasteiger partial charge in [-0.3, -0.25) is 4.79 Å². The molecule has 0 radical (unpaired) electrons. The van der Waals surface area contributed by atoms with E-state index >= 15 is 0 Å². The molecule has 0 unspecified atom stereocenters. The van der Waals surface area contributed by atoms with Crippen LogP contribution in [0.5, 0.6) is 0 Å². The maximum absolute atomic E-state index is 11.4. The van der Waals surface area contributed by atoms with Crippen LogP contribution in [0.2, 0.25) is 0 Å². The highest BCUT2D eigenvalue weighted by Crippen LogP contribution is 2.36. The summed E-state index contributed by atoms with van der Waals surface area (Å²) in [5.74, 6) is -0.635. The second-order valence-electron chi connectivity index (χ2n) is 5.66. The summed E-state index contributed by atoms with van der Waals surface area (Å²) < 4.78 is 11.7. The number of carbonyl (C=O) groups excluding carboxylic acids is 1. The Balaban J connectivity index is 2.44. The van der Waals surface area contributed by atoms with Gasteiger partial charge < -0.3 is 20.8 Å². The zero-order chi connectivity index (χ0) is 14.4. The molecule has 1 aliphatic heterocycles. The lowest BCUT2D eigenvalue weighted by Gasteiger charge is -2.32. The third kappa shape index (κ3) is 2.31. The van der Waals surface area contributed by atoms with Crippen LogP contribution in [-0.4, -0.2) is 29.2 Å². The number of nitrogen functional groups attached to an aromatic ring is 1. The molecular weight excluding hydrogens is 245 g/mol. The summed E-state index contributed by atoms with van der Waals surface area (Å²) in [5.41, 5.74) is 11.0. The van der Waals surface area contributed by atoms with E-state index in [1.807, 2.05) is 27.7 Å². The van der Waals surface area contributed by atoms with Crippen LogP contribution in [0.1, 0.15) is 38.2 Å². The van der Waals surface area contributed by atoms with E-state index < -0.39 is 24.2 Å². The number of amides is 1. The van der Waals surface area contributed by atoms with Gasteiger partial charge in [0.15, 0.2) is 0 Å². The largest absolute Gasteiger partial charge is 0.497 e. The van der Waals surface area contributed by atoms with Crippen molar-refractivity contribution in [3.05, 3.63) is 18.0 Å². The molecule has 0 spiro atoms. The molecule has 1 aromatic rings. The highest BCUT2D eigenvalue weighted by atomic mass is 16.7. The van der Waals surface area contributed by atoms with Gasteiger partial charge in [-0.05, 0) is 33.8 Å². The van der Waals surface area contributed by atoms with Crippen molar-refractivity contribution in [2.75, 3.05) is 5.73 Å². The predicted molar refractivity (Wildman–Crippen MR) is 72.9 cm³/mol. The number of rotatable bonds is 2. The van der Waals surface area contributed by atoms with Gasteiger partial charge in [0, 0.05) is 11.2 Å². The summed E-state index contributed by atoms with van der Waals surface area (Å²) in [5, 5.41) is 0. The van der Waals surface area contributed by atoms with E-state index in [2.05, 4.69) is 4.98 Å². The van der Waals surface area contributed by atoms with E-state index in [0.29, 0.717) is 11.2 Å². The molecule has 6 nitrogen and oxygen atoms in total. The van der Waals surface area contributed by atoms with Crippen LogP contribution in [-0.2, 0) is 9.31 Å². The lowest BCUT2D eigenvalue weighted by molar-refractivity contribution is 0.00578. The topological polar surface area (TPSA) is 100 Å². The molecular formula is C12H18BN3O3. The first kappa shape index (κ1) is 13.8. The van der Waals surface area contributed by atoms with Gasteiger partial charge in [0.05, 0.1) is 17.4 Å². The van der Waals surface area contributed by atoms with E-state index in [4.69, 9.17) is 20.8 Å². The Kier molecular flexibility index (Phi) is 3.06. The summed E-state index contributed by atoms with van der Waals surface area (Å²) in [4.78, 5) is 15.4. The van der Waals surface area contributed by atoms with Gasteiger partial charge in [-0.15, -0.1) is 0 Å². The van der Waals surface area contributed by atoms with Gasteiger partial charge in [-0.1, -0.05) is 0 Å². The molecule has 102 valence electrons. The predicted octanol–water partition coefficient (Wildman–Crippen LogP) is 0.0619. The van der Waals surface area contributed by atoms with E-state index in [0.717, 1.165) is 0 Å². The number of hydrogen-bond acceptors (Lipinski definition) is 5. The van der Waals surface area contributed by atoms with Gasteiger partial charge in [0.25, 0.3) is 5.91 Å². The quantitative estimate of drug-likeness (QED) is 0.735. The van der Waals surface area contributed by atoms with Crippen LogP contribution < -0.4 is 16.9 Å². The Bertz CT molecular complexity index is 515. The van der Waals surface area contributed by atoms with Crippen molar-refractivity contribution in [2.45, 2.75) is 38.9 Å². The second kappa shape index (κ2) is 4.21. The summed E-state index contributed by atoms with van der Waals surface area (Å²) in [6.07, 6.45) is 1.38. The van der Waals surface area contributed by atoms with Crippen molar-refractivity contribution in [1.29, 1.82) is 0 Å². The molecule has 1 aromatic heterocycles. The summed E-state index contributed by atoms with van der Waals surface area (Å²) in [7, 11) is -0.705. The number of primary amides is 1. The van der Waals surface area contributed by atoms with Gasteiger partial charge in [-0.2, -0.15) is 0 Å². The molecule has 4 N–H and O–H groups in total. The van der Waals surface area contributed by atoms with Crippen LogP contribution in [0, 0.1) is 0 Å². The smallest absolute Gasteiger partial charge is 0.399 e. The minimum Gasteiger partial charge on any atom is -0.399 e. The number of aromatic nitrogens is 1. The first-order valence-corrected chi connectivity index (χ1v) is 6.05. The third-order valence-electron chi connectivity index (χ3n) is 3.68. The Morgan fingerprint density at radius 3 is 2.26 bits per heavy atom. The van der Waals surface area contributed by atoms with Crippen molar-refractivity contribution >= 4 is 24.2 Å². The molecule has 2 rings (SSSR count). The summed E-state index contributed by atoms with van der Waals surface area (Å²) in [6.45, 7) is 7.71. The lowest BCUT2D eigenvalue weighted by atomic mass is 9.77. The lowest BCUT2D eigenvalue weighted by Crippen LogP contribution is -2.41. The molecule has 19 heavy (non-hydrogen) atoms. The fourth-order valence-corrected chi connectivity index (χ4v) is 1.85. The number of nitrogens with zero attached hydrogens (tertiary/aromatic N) is 1. The summed E-state index contributed by atoms with van der Waals surface area (Å²) in [6, 6.07) is 1.61. The van der Waals surface area contributed by atoms with Crippen molar-refractivity contribution in [2.24, 2.45) is 5.73 Å². The highest BCUT2D eigenvalue weighted by molar-refractivity contribution is 6.63. The van der Waals surface area contributed by atoms with Crippen LogP contribution in [0.3, 0.4) is 0 Å². The zero-order valence-corrected chi connectivity index (χ0v) is 11.6. The number of hydrogen-bond donors (Lipinski definition) is 2. The molecule has 0 bridgehead atoms. The van der Waals surface area contributed by atoms with Gasteiger partial charge >= 0.3 is 7.12 Å². The Labute approximate surface area is 112 Å². The fraction of sp³-hybridized carbons (Fsp3) is 0.500. The first-order chi connectivity index (χ1) is 8.64. The maximum atomic E-state index is 11.4. The van der Waals surface area contributed by atoms with Crippen molar-refractivity contribution in [1.82, 2.24) is 4.98 Å². The molecule has 1 amide bonds. The Morgan fingerprint density at radius 2 is 1.79 bits per heavy atom. The van der Waals surface area contributed by atoms with Gasteiger partial charge in [0.2, 0.25) is 0 Å². The van der Waals surface area contributed by atoms with Crippen LogP contribution >= 0.6 is 0 Å². The van der Waals surface area contributed by atoms with Crippen molar-refractivity contribution < 1.29 is 14.1 Å². The van der Waals surface area contributed by atoms with Crippen LogP contribution in [0.15, 0.2) is 12.3 Å². The van der Waals surface area contributed by atoms with Gasteiger partial charge in [0.1, 0.15) is 5.69 Å². The Morgan fingerprint density at radius 1 is 1.26 bits per heavy atom. The standard InChI is InChI=1S/C12H18BN3O3/c1-11(2)12(3,4)19-13(18-11)8-5-7(14)6-16-9(8)10(15)17/h5-6H,14H2,1-4H3,(H2,15,17). The number of anilines is 1. The molecule has 1 aliphatic rings. The fourth-order valence-electron chi connectivity index (χ4n) is 1.85. The number of carbonyl (C=O) groups is 1. The maximum Gasteiger partial charge on any atom is 0.497 e. The number of nitrogens with two attached hydrogens (primary N) is 2. The molecule has 0 saturated carbocycles. The molecule has 2 heterocycles. The molecule has 0 atom stereocenters. The average Bonchev–Trinajstić information content (AvgIpc) is 2.47. The van der Waals surface area contributed by atoms with E-state index in [9.17, 15) is 4.79 Å². The average molecular weight is 263 g/mol. The van der Waals surface area contributed by atoms with Crippen LogP contribution in [0.4, 0.5) is 5.69 Å². The zero-order valence-electron chi connectivity index (χ0n) is 11.6. The minimum absolute atomic E-state index is 0.118. The van der Waals surface area contributed by atoms with E-state index in [1.54, 1.807) is 6.07 Å². The van der Waals surface area contributed by atoms with Gasteiger partial charge in [-0.25, -0.2) is 4.98 Å². The second-order valence-corrected chi connectivity index (χ2v) is 5.66. The van der Waals surface area contributed by atoms with Crippen LogP contribution in [0.25, 0.3) is 0 Å². The summed E-state index contributed by atoms with van der Waals surface area (Å²) >= 11 is 0. The first-order valence-electron chi connectivity index (χ1n) is 6.05. The van der Waals surface area contributed by atoms with Crippen molar-refractivity contribution in [3.63, 3.8) is 0 Å². The monoisotopic (exact) mass is 263 g/mol. The number of pyridine rings is 1. The molecule has 0 aromatic carbocycles. The van der Waals surface area contributed by atoms with E-state index in [-0.39, 0.29) is 5.69 Å². The molecule has 1 saturated heterocycles. The SMILES string of the molecule is CC1(C)OB(c2cc(N)cnc2C(N)=O)OC1(C)C. The van der Waals surface area contributed by atoms with Crippen molar-refractivity contribution in [3.8, 4) is 0 Å². The Hall–Kier alpha value is -1.60.